The molecule has 6 nitrogen and oxygen atoms in total. The summed E-state index contributed by atoms with van der Waals surface area (Å²) < 4.78 is 5.53. The average molecular weight is 405 g/mol. The first-order chi connectivity index (χ1) is 14.6. The third kappa shape index (κ3) is 4.76. The zero-order valence-electron chi connectivity index (χ0n) is 17.2. The average Bonchev–Trinajstić information content (AvgIpc) is 3.44. The number of benzene rings is 2. The molecule has 0 aliphatic heterocycles. The van der Waals surface area contributed by atoms with Crippen molar-refractivity contribution in [2.24, 2.45) is 0 Å². The third-order valence-electron chi connectivity index (χ3n) is 5.79. The molecule has 156 valence electrons. The number of hydrogen-bond acceptors (Lipinski definition) is 5. The number of rotatable bonds is 8. The Morgan fingerprint density at radius 1 is 1.13 bits per heavy atom. The van der Waals surface area contributed by atoms with Crippen molar-refractivity contribution in [2.45, 2.75) is 51.5 Å². The molecule has 0 unspecified atom stereocenters. The quantitative estimate of drug-likeness (QED) is 0.517. The summed E-state index contributed by atoms with van der Waals surface area (Å²) in [5, 5.41) is 15.9. The maximum absolute atomic E-state index is 10.5. The molecule has 1 aliphatic carbocycles. The van der Waals surface area contributed by atoms with Crippen LogP contribution in [-0.2, 0) is 11.3 Å². The summed E-state index contributed by atoms with van der Waals surface area (Å²) in [5.41, 5.74) is 5.65. The molecular weight excluding hydrogens is 378 g/mol. The third-order valence-corrected chi connectivity index (χ3v) is 5.79. The maximum Gasteiger partial charge on any atom is 0.304 e. The molecule has 0 bridgehead atoms. The summed E-state index contributed by atoms with van der Waals surface area (Å²) >= 11 is 0. The molecule has 0 spiro atoms. The molecule has 1 aromatic heterocycles. The standard InChI is InChI=1S/C24H27N3O3/c1-16-14-20(10-11-21(16)18-4-2-3-5-18)24-26-23(27-30-24)19-8-6-17(7-9-19)15-25-13-12-22(28)29/h6-11,14,18,25H,2-5,12-13,15H2,1H3,(H,28,29). The molecular formula is C24H27N3O3. The van der Waals surface area contributed by atoms with Crippen LogP contribution >= 0.6 is 0 Å². The van der Waals surface area contributed by atoms with E-state index in [1.54, 1.807) is 0 Å². The fourth-order valence-electron chi connectivity index (χ4n) is 4.16. The largest absolute Gasteiger partial charge is 0.481 e. The summed E-state index contributed by atoms with van der Waals surface area (Å²) in [7, 11) is 0. The highest BCUT2D eigenvalue weighted by Crippen LogP contribution is 2.36. The molecule has 1 fully saturated rings. The van der Waals surface area contributed by atoms with Crippen molar-refractivity contribution < 1.29 is 14.4 Å². The monoisotopic (exact) mass is 405 g/mol. The number of aliphatic carboxylic acids is 1. The number of aromatic nitrogens is 2. The van der Waals surface area contributed by atoms with E-state index in [1.165, 1.54) is 36.8 Å². The van der Waals surface area contributed by atoms with Crippen LogP contribution in [0.1, 0.15) is 54.7 Å². The number of nitrogens with one attached hydrogen (secondary N) is 1. The van der Waals surface area contributed by atoms with E-state index in [1.807, 2.05) is 24.3 Å². The van der Waals surface area contributed by atoms with Crippen molar-refractivity contribution in [2.75, 3.05) is 6.54 Å². The van der Waals surface area contributed by atoms with Gasteiger partial charge >= 0.3 is 5.97 Å². The van der Waals surface area contributed by atoms with Crippen LogP contribution in [0.4, 0.5) is 0 Å². The highest BCUT2D eigenvalue weighted by atomic mass is 16.5. The summed E-state index contributed by atoms with van der Waals surface area (Å²) in [5.74, 6) is 0.988. The van der Waals surface area contributed by atoms with E-state index in [9.17, 15) is 4.79 Å². The number of carboxylic acid groups (broad SMARTS) is 1. The van der Waals surface area contributed by atoms with Gasteiger partial charge in [0.05, 0.1) is 6.42 Å². The van der Waals surface area contributed by atoms with Gasteiger partial charge in [-0.3, -0.25) is 4.79 Å². The van der Waals surface area contributed by atoms with Gasteiger partial charge in [-0.15, -0.1) is 0 Å². The summed E-state index contributed by atoms with van der Waals surface area (Å²) in [6, 6.07) is 14.3. The second-order valence-electron chi connectivity index (χ2n) is 7.99. The Morgan fingerprint density at radius 3 is 2.57 bits per heavy atom. The predicted molar refractivity (Wildman–Crippen MR) is 115 cm³/mol. The second kappa shape index (κ2) is 9.22. The number of hydrogen-bond donors (Lipinski definition) is 2. The van der Waals surface area contributed by atoms with Crippen LogP contribution in [0.2, 0.25) is 0 Å². The van der Waals surface area contributed by atoms with Gasteiger partial charge in [0.25, 0.3) is 5.89 Å². The molecule has 1 aliphatic rings. The molecule has 4 rings (SSSR count). The molecule has 2 aromatic carbocycles. The summed E-state index contributed by atoms with van der Waals surface area (Å²) in [6.45, 7) is 3.24. The summed E-state index contributed by atoms with van der Waals surface area (Å²) in [6.07, 6.45) is 5.35. The lowest BCUT2D eigenvalue weighted by molar-refractivity contribution is -0.136. The Bertz CT molecular complexity index is 1000. The molecule has 30 heavy (non-hydrogen) atoms. The second-order valence-corrected chi connectivity index (χ2v) is 7.99. The normalized spacial score (nSPS) is 14.3. The van der Waals surface area contributed by atoms with Gasteiger partial charge in [-0.25, -0.2) is 0 Å². The van der Waals surface area contributed by atoms with Crippen molar-refractivity contribution in [1.82, 2.24) is 15.5 Å². The minimum atomic E-state index is -0.797. The van der Waals surface area contributed by atoms with Gasteiger partial charge in [-0.1, -0.05) is 48.3 Å². The minimum Gasteiger partial charge on any atom is -0.481 e. The molecule has 0 saturated heterocycles. The number of aryl methyl sites for hydroxylation is 1. The van der Waals surface area contributed by atoms with Crippen molar-refractivity contribution in [3.05, 3.63) is 59.2 Å². The van der Waals surface area contributed by atoms with E-state index in [4.69, 9.17) is 9.63 Å². The van der Waals surface area contributed by atoms with Crippen LogP contribution in [0.25, 0.3) is 22.8 Å². The predicted octanol–water partition coefficient (Wildman–Crippen LogP) is 4.93. The van der Waals surface area contributed by atoms with Gasteiger partial charge in [0.15, 0.2) is 0 Å². The van der Waals surface area contributed by atoms with Crippen LogP contribution in [-0.4, -0.2) is 27.8 Å². The maximum atomic E-state index is 10.5. The molecule has 1 heterocycles. The highest BCUT2D eigenvalue weighted by Gasteiger charge is 2.19. The van der Waals surface area contributed by atoms with Crippen LogP contribution in [0.3, 0.4) is 0 Å². The minimum absolute atomic E-state index is 0.116. The lowest BCUT2D eigenvalue weighted by Gasteiger charge is -2.13. The van der Waals surface area contributed by atoms with Crippen molar-refractivity contribution in [3.8, 4) is 22.8 Å². The Balaban J connectivity index is 1.42. The van der Waals surface area contributed by atoms with Crippen molar-refractivity contribution >= 4 is 5.97 Å². The van der Waals surface area contributed by atoms with Gasteiger partial charge < -0.3 is 14.9 Å². The van der Waals surface area contributed by atoms with Crippen LogP contribution in [0.15, 0.2) is 47.0 Å². The smallest absolute Gasteiger partial charge is 0.304 e. The van der Waals surface area contributed by atoms with Crippen molar-refractivity contribution in [1.29, 1.82) is 0 Å². The molecule has 6 heteroatoms. The van der Waals surface area contributed by atoms with Crippen LogP contribution in [0.5, 0.6) is 0 Å². The Kier molecular flexibility index (Phi) is 6.23. The summed E-state index contributed by atoms with van der Waals surface area (Å²) in [4.78, 5) is 15.1. The van der Waals surface area contributed by atoms with Gasteiger partial charge in [-0.05, 0) is 54.5 Å². The molecule has 0 radical (unpaired) electrons. The fraction of sp³-hybridized carbons (Fsp3) is 0.375. The Morgan fingerprint density at radius 2 is 1.87 bits per heavy atom. The first-order valence-electron chi connectivity index (χ1n) is 10.6. The van der Waals surface area contributed by atoms with Gasteiger partial charge in [0, 0.05) is 24.2 Å². The van der Waals surface area contributed by atoms with E-state index < -0.39 is 5.97 Å². The number of nitrogens with zero attached hydrogens (tertiary/aromatic N) is 2. The lowest BCUT2D eigenvalue weighted by atomic mass is 9.92. The molecule has 0 amide bonds. The van der Waals surface area contributed by atoms with E-state index in [-0.39, 0.29) is 6.42 Å². The lowest BCUT2D eigenvalue weighted by Crippen LogP contribution is -2.17. The van der Waals surface area contributed by atoms with E-state index in [0.29, 0.717) is 30.7 Å². The molecule has 1 saturated carbocycles. The SMILES string of the molecule is Cc1cc(-c2nc(-c3ccc(CNCCC(=O)O)cc3)no2)ccc1C1CCCC1. The fourth-order valence-corrected chi connectivity index (χ4v) is 4.16. The van der Waals surface area contributed by atoms with Crippen LogP contribution in [0, 0.1) is 6.92 Å². The topological polar surface area (TPSA) is 88.2 Å². The van der Waals surface area contributed by atoms with E-state index in [2.05, 4.69) is 40.6 Å². The van der Waals surface area contributed by atoms with E-state index >= 15 is 0 Å². The Hall–Kier alpha value is -2.99. The number of carboxylic acids is 1. The zero-order chi connectivity index (χ0) is 20.9. The molecule has 3 aromatic rings. The zero-order valence-corrected chi connectivity index (χ0v) is 17.2. The molecule has 0 atom stereocenters. The Labute approximate surface area is 176 Å². The van der Waals surface area contributed by atoms with Gasteiger partial charge in [0.1, 0.15) is 0 Å². The first kappa shape index (κ1) is 20.3. The van der Waals surface area contributed by atoms with Crippen molar-refractivity contribution in [3.63, 3.8) is 0 Å². The van der Waals surface area contributed by atoms with Gasteiger partial charge in [0.2, 0.25) is 5.82 Å². The van der Waals surface area contributed by atoms with Gasteiger partial charge in [-0.2, -0.15) is 4.98 Å². The van der Waals surface area contributed by atoms with Crippen LogP contribution < -0.4 is 5.32 Å². The number of carbonyl (C=O) groups is 1. The first-order valence-corrected chi connectivity index (χ1v) is 10.6. The highest BCUT2D eigenvalue weighted by molar-refractivity contribution is 5.66. The van der Waals surface area contributed by atoms with E-state index in [0.717, 1.165) is 16.7 Å². The molecule has 2 N–H and O–H groups in total.